The minimum Gasteiger partial charge on any atom is -0.325 e. The number of nitrogens with zero attached hydrogens (tertiary/aromatic N) is 1. The molecule has 0 aromatic heterocycles. The molecule has 5 fully saturated rings. The molecule has 1 aromatic rings. The number of piperidine rings is 1. The molecule has 0 spiro atoms. The van der Waals surface area contributed by atoms with Crippen molar-refractivity contribution in [2.24, 2.45) is 23.7 Å². The fourth-order valence-electron chi connectivity index (χ4n) is 6.65. The second-order valence-corrected chi connectivity index (χ2v) is 9.59. The number of anilines is 1. The maximum atomic E-state index is 12.3. The summed E-state index contributed by atoms with van der Waals surface area (Å²) in [6, 6.07) is 11.2. The number of rotatable bonds is 5. The molecule has 0 radical (unpaired) electrons. The molecule has 1 aliphatic heterocycles. The zero-order valence-electron chi connectivity index (χ0n) is 16.3. The summed E-state index contributed by atoms with van der Waals surface area (Å²) < 4.78 is 0. The van der Waals surface area contributed by atoms with Gasteiger partial charge in [-0.3, -0.25) is 9.69 Å². The van der Waals surface area contributed by atoms with E-state index in [9.17, 15) is 4.79 Å². The number of hydrogen-bond donors (Lipinski definition) is 2. The molecule has 4 aliphatic carbocycles. The van der Waals surface area contributed by atoms with Crippen molar-refractivity contribution in [3.8, 4) is 0 Å². The van der Waals surface area contributed by atoms with E-state index >= 15 is 0 Å². The molecule has 1 aromatic carbocycles. The Morgan fingerprint density at radius 3 is 2.19 bits per heavy atom. The van der Waals surface area contributed by atoms with Gasteiger partial charge in [-0.25, -0.2) is 0 Å². The number of carbonyl (C=O) groups excluding carboxylic acids is 1. The maximum absolute atomic E-state index is 12.3. The Morgan fingerprint density at radius 2 is 1.56 bits per heavy atom. The molecule has 6 rings (SSSR count). The Kier molecular flexibility index (Phi) is 4.95. The molecule has 5 aliphatic rings. The Hall–Kier alpha value is -1.39. The first-order chi connectivity index (χ1) is 13.2. The van der Waals surface area contributed by atoms with Crippen molar-refractivity contribution < 1.29 is 4.79 Å². The fourth-order valence-corrected chi connectivity index (χ4v) is 6.65. The van der Waals surface area contributed by atoms with E-state index in [0.29, 0.717) is 12.6 Å². The summed E-state index contributed by atoms with van der Waals surface area (Å²) in [6.45, 7) is 2.58. The minimum atomic E-state index is 0.105. The summed E-state index contributed by atoms with van der Waals surface area (Å²) in [7, 11) is 0. The van der Waals surface area contributed by atoms with Crippen LogP contribution in [-0.4, -0.2) is 42.5 Å². The lowest BCUT2D eigenvalue weighted by Crippen LogP contribution is -2.58. The average molecular weight is 368 g/mol. The van der Waals surface area contributed by atoms with Crippen LogP contribution >= 0.6 is 0 Å². The predicted molar refractivity (Wildman–Crippen MR) is 109 cm³/mol. The zero-order valence-corrected chi connectivity index (χ0v) is 16.3. The topological polar surface area (TPSA) is 44.4 Å². The summed E-state index contributed by atoms with van der Waals surface area (Å²) in [5, 5.41) is 7.09. The predicted octanol–water partition coefficient (Wildman–Crippen LogP) is 3.50. The number of amides is 1. The third-order valence-corrected chi connectivity index (χ3v) is 7.67. The lowest BCUT2D eigenvalue weighted by Gasteiger charge is -2.55. The highest BCUT2D eigenvalue weighted by Gasteiger charge is 2.48. The normalized spacial score (nSPS) is 36.1. The number of nitrogens with one attached hydrogen (secondary N) is 2. The Labute approximate surface area is 163 Å². The molecular weight excluding hydrogens is 334 g/mol. The van der Waals surface area contributed by atoms with Gasteiger partial charge in [0.15, 0.2) is 0 Å². The SMILES string of the molecule is O=C(CN1CCC(NC2C3CC4CC(C3)CC2C4)CC1)Nc1ccccc1. The molecule has 1 heterocycles. The second kappa shape index (κ2) is 7.56. The van der Waals surface area contributed by atoms with Gasteiger partial charge in [0.2, 0.25) is 5.91 Å². The third-order valence-electron chi connectivity index (χ3n) is 7.67. The van der Waals surface area contributed by atoms with E-state index in [4.69, 9.17) is 0 Å². The zero-order chi connectivity index (χ0) is 18.2. The number of benzene rings is 1. The molecule has 2 N–H and O–H groups in total. The third kappa shape index (κ3) is 3.93. The van der Waals surface area contributed by atoms with Gasteiger partial charge in [-0.15, -0.1) is 0 Å². The van der Waals surface area contributed by atoms with E-state index in [0.717, 1.165) is 48.5 Å². The van der Waals surface area contributed by atoms with Crippen molar-refractivity contribution >= 4 is 11.6 Å². The Bertz CT molecular complexity index is 625. The van der Waals surface area contributed by atoms with Gasteiger partial charge in [0, 0.05) is 30.9 Å². The molecule has 4 heteroatoms. The van der Waals surface area contributed by atoms with Gasteiger partial charge in [0.1, 0.15) is 0 Å². The number of likely N-dealkylation sites (tertiary alicyclic amines) is 1. The molecule has 4 bridgehead atoms. The van der Waals surface area contributed by atoms with Gasteiger partial charge in [-0.1, -0.05) is 18.2 Å². The van der Waals surface area contributed by atoms with Gasteiger partial charge in [-0.05, 0) is 80.8 Å². The van der Waals surface area contributed by atoms with Gasteiger partial charge in [0.05, 0.1) is 6.54 Å². The summed E-state index contributed by atoms with van der Waals surface area (Å²) in [6.07, 6.45) is 9.85. The van der Waals surface area contributed by atoms with E-state index in [2.05, 4.69) is 15.5 Å². The minimum absolute atomic E-state index is 0.105. The van der Waals surface area contributed by atoms with Crippen molar-refractivity contribution in [2.75, 3.05) is 25.0 Å². The molecule has 4 saturated carbocycles. The van der Waals surface area contributed by atoms with Crippen LogP contribution in [0.4, 0.5) is 5.69 Å². The number of carbonyl (C=O) groups is 1. The molecule has 4 nitrogen and oxygen atoms in total. The van der Waals surface area contributed by atoms with Crippen LogP contribution in [0.3, 0.4) is 0 Å². The van der Waals surface area contributed by atoms with E-state index in [1.165, 1.54) is 44.9 Å². The molecule has 1 amide bonds. The second-order valence-electron chi connectivity index (χ2n) is 9.59. The van der Waals surface area contributed by atoms with Crippen LogP contribution in [0.15, 0.2) is 30.3 Å². The summed E-state index contributed by atoms with van der Waals surface area (Å²) in [4.78, 5) is 14.6. The first-order valence-electron chi connectivity index (χ1n) is 11.1. The van der Waals surface area contributed by atoms with Crippen LogP contribution in [-0.2, 0) is 4.79 Å². The lowest BCUT2D eigenvalue weighted by atomic mass is 9.54. The fraction of sp³-hybridized carbons (Fsp3) is 0.696. The van der Waals surface area contributed by atoms with Crippen LogP contribution in [0, 0.1) is 23.7 Å². The van der Waals surface area contributed by atoms with Crippen molar-refractivity contribution in [2.45, 2.75) is 57.0 Å². The quantitative estimate of drug-likeness (QED) is 0.837. The van der Waals surface area contributed by atoms with Gasteiger partial charge < -0.3 is 10.6 Å². The molecule has 27 heavy (non-hydrogen) atoms. The first kappa shape index (κ1) is 17.7. The first-order valence-corrected chi connectivity index (χ1v) is 11.1. The molecule has 0 unspecified atom stereocenters. The average Bonchev–Trinajstić information content (AvgIpc) is 2.66. The Morgan fingerprint density at radius 1 is 0.926 bits per heavy atom. The Balaban J connectivity index is 1.08. The highest BCUT2D eigenvalue weighted by Crippen LogP contribution is 2.53. The molecule has 1 saturated heterocycles. The molecule has 0 atom stereocenters. The van der Waals surface area contributed by atoms with Crippen molar-refractivity contribution in [1.29, 1.82) is 0 Å². The standard InChI is InChI=1S/C23H33N3O/c27-22(24-20-4-2-1-3-5-20)15-26-8-6-21(7-9-26)25-23-18-11-16-10-17(13-18)14-19(23)12-16/h1-5,16-19,21,23,25H,6-15H2,(H,24,27). The number of hydrogen-bond acceptors (Lipinski definition) is 3. The number of para-hydroxylation sites is 1. The van der Waals surface area contributed by atoms with Crippen molar-refractivity contribution in [3.63, 3.8) is 0 Å². The van der Waals surface area contributed by atoms with Gasteiger partial charge in [0.25, 0.3) is 0 Å². The van der Waals surface area contributed by atoms with Crippen LogP contribution in [0.25, 0.3) is 0 Å². The van der Waals surface area contributed by atoms with Crippen molar-refractivity contribution in [1.82, 2.24) is 10.2 Å². The molecule has 146 valence electrons. The van der Waals surface area contributed by atoms with E-state index in [-0.39, 0.29) is 5.91 Å². The lowest BCUT2D eigenvalue weighted by molar-refractivity contribution is -0.117. The van der Waals surface area contributed by atoms with Crippen LogP contribution in [0.5, 0.6) is 0 Å². The highest BCUT2D eigenvalue weighted by atomic mass is 16.2. The van der Waals surface area contributed by atoms with Gasteiger partial charge in [-0.2, -0.15) is 0 Å². The monoisotopic (exact) mass is 367 g/mol. The van der Waals surface area contributed by atoms with Crippen LogP contribution in [0.2, 0.25) is 0 Å². The maximum Gasteiger partial charge on any atom is 0.238 e. The largest absolute Gasteiger partial charge is 0.325 e. The highest BCUT2D eigenvalue weighted by molar-refractivity contribution is 5.92. The summed E-state index contributed by atoms with van der Waals surface area (Å²) >= 11 is 0. The van der Waals surface area contributed by atoms with Crippen LogP contribution < -0.4 is 10.6 Å². The summed E-state index contributed by atoms with van der Waals surface area (Å²) in [5.41, 5.74) is 0.890. The molecular formula is C23H33N3O. The van der Waals surface area contributed by atoms with Crippen molar-refractivity contribution in [3.05, 3.63) is 30.3 Å². The van der Waals surface area contributed by atoms with Crippen LogP contribution in [0.1, 0.15) is 44.9 Å². The van der Waals surface area contributed by atoms with E-state index < -0.39 is 0 Å². The van der Waals surface area contributed by atoms with Gasteiger partial charge >= 0.3 is 0 Å². The smallest absolute Gasteiger partial charge is 0.238 e. The summed E-state index contributed by atoms with van der Waals surface area (Å²) in [5.74, 6) is 4.12. The van der Waals surface area contributed by atoms with E-state index in [1.54, 1.807) is 0 Å². The van der Waals surface area contributed by atoms with E-state index in [1.807, 2.05) is 30.3 Å².